The van der Waals surface area contributed by atoms with Crippen LogP contribution in [0.1, 0.15) is 51.7 Å². The van der Waals surface area contributed by atoms with E-state index < -0.39 is 0 Å². The van der Waals surface area contributed by atoms with Crippen LogP contribution in [0.25, 0.3) is 0 Å². The third kappa shape index (κ3) is 7.96. The van der Waals surface area contributed by atoms with Crippen LogP contribution >= 0.6 is 0 Å². The van der Waals surface area contributed by atoms with E-state index in [0.29, 0.717) is 13.2 Å². The fourth-order valence-electron chi connectivity index (χ4n) is 4.78. The zero-order valence-corrected chi connectivity index (χ0v) is 23.7. The van der Waals surface area contributed by atoms with Crippen molar-refractivity contribution in [2.45, 2.75) is 58.0 Å². The molecule has 2 heterocycles. The van der Waals surface area contributed by atoms with Crippen molar-refractivity contribution in [3.63, 3.8) is 0 Å². The van der Waals surface area contributed by atoms with Crippen LogP contribution in [-0.4, -0.2) is 86.4 Å². The van der Waals surface area contributed by atoms with Crippen molar-refractivity contribution < 1.29 is 28.5 Å². The summed E-state index contributed by atoms with van der Waals surface area (Å²) in [6.45, 7) is 13.4. The molecular weight excluding hydrogens is 496 g/mol. The largest absolute Gasteiger partial charge is 0.490 e. The van der Waals surface area contributed by atoms with Gasteiger partial charge in [-0.05, 0) is 48.2 Å². The van der Waals surface area contributed by atoms with Crippen LogP contribution in [0.2, 0.25) is 0 Å². The Morgan fingerprint density at radius 3 is 1.33 bits per heavy atom. The number of esters is 2. The highest BCUT2D eigenvalue weighted by atomic mass is 16.6. The highest BCUT2D eigenvalue weighted by molar-refractivity contribution is 5.76. The standard InChI is InChI=1S/C31H42N2O6/c1-5-27(32-15-16-32)29(34)38-21-19-36-25-11-7-23(8-12-25)31(3,4)24-9-13-26(14-10-24)37-20-22-39-30(35)28(6-2)33-17-18-33/h7-14,27-28H,5-6,15-22H2,1-4H3. The molecule has 2 aliphatic heterocycles. The van der Waals surface area contributed by atoms with Gasteiger partial charge in [-0.3, -0.25) is 19.4 Å². The molecule has 212 valence electrons. The molecule has 2 saturated heterocycles. The van der Waals surface area contributed by atoms with E-state index in [-0.39, 0.29) is 42.7 Å². The molecule has 2 aromatic rings. The third-order valence-electron chi connectivity index (χ3n) is 7.51. The molecule has 0 aliphatic carbocycles. The van der Waals surface area contributed by atoms with Gasteiger partial charge in [0.25, 0.3) is 0 Å². The molecule has 2 fully saturated rings. The van der Waals surface area contributed by atoms with E-state index in [9.17, 15) is 9.59 Å². The Morgan fingerprint density at radius 1 is 0.667 bits per heavy atom. The van der Waals surface area contributed by atoms with Crippen molar-refractivity contribution in [3.05, 3.63) is 59.7 Å². The minimum Gasteiger partial charge on any atom is -0.490 e. The lowest BCUT2D eigenvalue weighted by atomic mass is 9.78. The summed E-state index contributed by atoms with van der Waals surface area (Å²) in [6.07, 6.45) is 1.53. The van der Waals surface area contributed by atoms with Gasteiger partial charge in [0.2, 0.25) is 0 Å². The lowest BCUT2D eigenvalue weighted by Gasteiger charge is -2.26. The van der Waals surface area contributed by atoms with Crippen molar-refractivity contribution in [1.29, 1.82) is 0 Å². The highest BCUT2D eigenvalue weighted by Crippen LogP contribution is 2.33. The molecule has 2 aromatic carbocycles. The van der Waals surface area contributed by atoms with E-state index in [1.807, 2.05) is 38.1 Å². The molecule has 0 saturated carbocycles. The van der Waals surface area contributed by atoms with Gasteiger partial charge in [-0.15, -0.1) is 0 Å². The molecule has 0 radical (unpaired) electrons. The zero-order chi connectivity index (χ0) is 27.8. The Hall–Kier alpha value is -3.10. The minimum atomic E-state index is -0.220. The van der Waals surface area contributed by atoms with Gasteiger partial charge in [0.05, 0.1) is 0 Å². The molecule has 0 bridgehead atoms. The SMILES string of the molecule is CCC(C(=O)OCCOc1ccc(C(C)(C)c2ccc(OCCOC(=O)C(CC)N3CC3)cc2)cc1)N1CC1. The molecule has 0 aromatic heterocycles. The number of rotatable bonds is 16. The second-order valence-electron chi connectivity index (χ2n) is 10.6. The zero-order valence-electron chi connectivity index (χ0n) is 23.7. The molecule has 8 heteroatoms. The number of carbonyl (C=O) groups excluding carboxylic acids is 2. The number of carbonyl (C=O) groups is 2. The van der Waals surface area contributed by atoms with Crippen LogP contribution in [0.3, 0.4) is 0 Å². The first-order valence-corrected chi connectivity index (χ1v) is 14.1. The predicted octanol–water partition coefficient (Wildman–Crippen LogP) is 4.04. The van der Waals surface area contributed by atoms with Gasteiger partial charge in [0.1, 0.15) is 50.0 Å². The molecule has 0 N–H and O–H groups in total. The Labute approximate surface area is 232 Å². The molecule has 2 aliphatic rings. The van der Waals surface area contributed by atoms with E-state index in [4.69, 9.17) is 18.9 Å². The number of benzene rings is 2. The van der Waals surface area contributed by atoms with E-state index in [1.165, 1.54) is 0 Å². The third-order valence-corrected chi connectivity index (χ3v) is 7.51. The average Bonchev–Trinajstić information content (AvgIpc) is 3.86. The fourth-order valence-corrected chi connectivity index (χ4v) is 4.78. The van der Waals surface area contributed by atoms with E-state index in [0.717, 1.165) is 61.6 Å². The normalized spacial score (nSPS) is 16.7. The lowest BCUT2D eigenvalue weighted by Crippen LogP contribution is -2.31. The maximum Gasteiger partial charge on any atom is 0.323 e. The quantitative estimate of drug-likeness (QED) is 0.180. The first-order chi connectivity index (χ1) is 18.8. The van der Waals surface area contributed by atoms with Crippen LogP contribution < -0.4 is 9.47 Å². The number of nitrogens with zero attached hydrogens (tertiary/aromatic N) is 2. The Kier molecular flexibility index (Phi) is 9.86. The van der Waals surface area contributed by atoms with Crippen molar-refractivity contribution in [2.75, 3.05) is 52.6 Å². The van der Waals surface area contributed by atoms with Crippen LogP contribution in [0.4, 0.5) is 0 Å². The van der Waals surface area contributed by atoms with Gasteiger partial charge in [0.15, 0.2) is 0 Å². The van der Waals surface area contributed by atoms with Crippen LogP contribution in [0.15, 0.2) is 48.5 Å². The van der Waals surface area contributed by atoms with Crippen molar-refractivity contribution in [2.24, 2.45) is 0 Å². The van der Waals surface area contributed by atoms with Gasteiger partial charge in [0, 0.05) is 31.6 Å². The maximum absolute atomic E-state index is 12.2. The maximum atomic E-state index is 12.2. The highest BCUT2D eigenvalue weighted by Gasteiger charge is 2.33. The molecule has 0 spiro atoms. The summed E-state index contributed by atoms with van der Waals surface area (Å²) in [6, 6.07) is 15.8. The molecular formula is C31H42N2O6. The second-order valence-corrected chi connectivity index (χ2v) is 10.6. The van der Waals surface area contributed by atoms with E-state index in [2.05, 4.69) is 47.9 Å². The molecule has 0 amide bonds. The summed E-state index contributed by atoms with van der Waals surface area (Å²) >= 11 is 0. The van der Waals surface area contributed by atoms with Crippen LogP contribution in [0, 0.1) is 0 Å². The van der Waals surface area contributed by atoms with Crippen LogP contribution in [0.5, 0.6) is 11.5 Å². The van der Waals surface area contributed by atoms with Gasteiger partial charge >= 0.3 is 11.9 Å². The Bertz CT molecular complexity index is 992. The van der Waals surface area contributed by atoms with E-state index >= 15 is 0 Å². The smallest absolute Gasteiger partial charge is 0.323 e. The Morgan fingerprint density at radius 2 is 1.03 bits per heavy atom. The number of hydrogen-bond acceptors (Lipinski definition) is 8. The summed E-state index contributed by atoms with van der Waals surface area (Å²) in [5.41, 5.74) is 2.09. The summed E-state index contributed by atoms with van der Waals surface area (Å²) in [5.74, 6) is 1.16. The minimum absolute atomic E-state index is 0.124. The molecule has 39 heavy (non-hydrogen) atoms. The topological polar surface area (TPSA) is 77.1 Å². The predicted molar refractivity (Wildman–Crippen MR) is 149 cm³/mol. The average molecular weight is 539 g/mol. The summed E-state index contributed by atoms with van der Waals surface area (Å²) in [4.78, 5) is 28.6. The van der Waals surface area contributed by atoms with Crippen molar-refractivity contribution in [3.8, 4) is 11.5 Å². The second kappa shape index (κ2) is 13.3. The van der Waals surface area contributed by atoms with E-state index in [1.54, 1.807) is 0 Å². The van der Waals surface area contributed by atoms with Gasteiger partial charge in [-0.1, -0.05) is 52.0 Å². The Balaban J connectivity index is 1.19. The van der Waals surface area contributed by atoms with Gasteiger partial charge in [-0.25, -0.2) is 0 Å². The number of hydrogen-bond donors (Lipinski definition) is 0. The number of ether oxygens (including phenoxy) is 4. The molecule has 8 nitrogen and oxygen atoms in total. The first-order valence-electron chi connectivity index (χ1n) is 14.1. The van der Waals surface area contributed by atoms with Crippen molar-refractivity contribution in [1.82, 2.24) is 9.80 Å². The summed E-state index contributed by atoms with van der Waals surface area (Å²) in [5, 5.41) is 0. The fraction of sp³-hybridized carbons (Fsp3) is 0.548. The van der Waals surface area contributed by atoms with Crippen LogP contribution in [-0.2, 0) is 24.5 Å². The van der Waals surface area contributed by atoms with Crippen molar-refractivity contribution >= 4 is 11.9 Å². The summed E-state index contributed by atoms with van der Waals surface area (Å²) in [7, 11) is 0. The lowest BCUT2D eigenvalue weighted by molar-refractivity contribution is -0.149. The monoisotopic (exact) mass is 538 g/mol. The summed E-state index contributed by atoms with van der Waals surface area (Å²) < 4.78 is 22.4. The van der Waals surface area contributed by atoms with Gasteiger partial charge in [-0.2, -0.15) is 0 Å². The molecule has 2 atom stereocenters. The first kappa shape index (κ1) is 28.9. The molecule has 4 rings (SSSR count). The molecule has 2 unspecified atom stereocenters. The van der Waals surface area contributed by atoms with Gasteiger partial charge < -0.3 is 18.9 Å².